The second-order valence-corrected chi connectivity index (χ2v) is 13.1. The molecule has 2 aromatic carbocycles. The fourth-order valence-electron chi connectivity index (χ4n) is 6.00. The molecule has 2 aliphatic rings. The lowest BCUT2D eigenvalue weighted by Gasteiger charge is -2.41. The molecule has 2 aromatic heterocycles. The summed E-state index contributed by atoms with van der Waals surface area (Å²) in [5.74, 6) is -1.94. The molecule has 0 spiro atoms. The number of rotatable bonds is 2. The fraction of sp³-hybridized carbons (Fsp3) is 0.333. The second kappa shape index (κ2) is 10.6. The maximum absolute atomic E-state index is 16.3. The van der Waals surface area contributed by atoms with E-state index in [0.29, 0.717) is 18.5 Å². The van der Waals surface area contributed by atoms with E-state index in [9.17, 15) is 24.8 Å². The first kappa shape index (κ1) is 29.7. The third-order valence-electron chi connectivity index (χ3n) is 7.78. The van der Waals surface area contributed by atoms with Crippen LogP contribution in [0.5, 0.6) is 0 Å². The van der Waals surface area contributed by atoms with Crippen LogP contribution in [0, 0.1) is 23.0 Å². The molecule has 14 heteroatoms. The quantitative estimate of drug-likeness (QED) is 0.246. The summed E-state index contributed by atoms with van der Waals surface area (Å²) in [5.41, 5.74) is -0.302. The molecule has 3 amide bonds. The van der Waals surface area contributed by atoms with Crippen molar-refractivity contribution in [3.63, 3.8) is 0 Å². The topological polar surface area (TPSA) is 128 Å². The van der Waals surface area contributed by atoms with E-state index in [0.717, 1.165) is 23.5 Å². The number of carboxylic acid groups (broad SMARTS) is 1. The minimum atomic E-state index is -1.07. The maximum atomic E-state index is 16.3. The minimum Gasteiger partial charge on any atom is -0.465 e. The summed E-state index contributed by atoms with van der Waals surface area (Å²) >= 11 is 7.56. The van der Waals surface area contributed by atoms with Crippen LogP contribution in [-0.4, -0.2) is 68.8 Å². The number of ether oxygens (including phenoxy) is 1. The molecule has 1 atom stereocenters. The van der Waals surface area contributed by atoms with Gasteiger partial charge in [-0.3, -0.25) is 10.1 Å². The zero-order valence-electron chi connectivity index (χ0n) is 23.8. The lowest BCUT2D eigenvalue weighted by atomic mass is 9.93. The zero-order valence-corrected chi connectivity index (χ0v) is 25.4. The number of nitriles is 1. The Morgan fingerprint density at radius 3 is 2.59 bits per heavy atom. The fourth-order valence-corrected chi connectivity index (χ4v) is 7.37. The highest BCUT2D eigenvalue weighted by atomic mass is 35.5. The van der Waals surface area contributed by atoms with Gasteiger partial charge >= 0.3 is 12.2 Å². The lowest BCUT2D eigenvalue weighted by molar-refractivity contribution is 0.0420. The minimum absolute atomic E-state index is 0.0174. The predicted molar refractivity (Wildman–Crippen MR) is 161 cm³/mol. The molecule has 0 unspecified atom stereocenters. The first-order valence-corrected chi connectivity index (χ1v) is 14.9. The first-order chi connectivity index (χ1) is 20.8. The molecule has 228 valence electrons. The third-order valence-corrected chi connectivity index (χ3v) is 9.18. The molecule has 0 radical (unpaired) electrons. The van der Waals surface area contributed by atoms with E-state index in [-0.39, 0.29) is 67.4 Å². The number of hydrogen-bond acceptors (Lipinski definition) is 6. The number of aromatic nitrogens is 1. The highest BCUT2D eigenvalue weighted by Crippen LogP contribution is 2.47. The number of carbonyl (C=O) groups is 3. The van der Waals surface area contributed by atoms with Crippen LogP contribution < -0.4 is 5.32 Å². The van der Waals surface area contributed by atoms with Crippen LogP contribution in [0.4, 0.5) is 23.4 Å². The van der Waals surface area contributed by atoms with Crippen molar-refractivity contribution in [2.24, 2.45) is 0 Å². The van der Waals surface area contributed by atoms with Crippen LogP contribution in [0.3, 0.4) is 0 Å². The summed E-state index contributed by atoms with van der Waals surface area (Å²) in [5, 5.41) is 22.6. The highest BCUT2D eigenvalue weighted by Gasteiger charge is 2.37. The summed E-state index contributed by atoms with van der Waals surface area (Å²) in [7, 11) is 0. The summed E-state index contributed by atoms with van der Waals surface area (Å²) in [4.78, 5) is 40.8. The van der Waals surface area contributed by atoms with Gasteiger partial charge in [-0.2, -0.15) is 5.26 Å². The molecule has 4 heterocycles. The second-order valence-electron chi connectivity index (χ2n) is 11.7. The van der Waals surface area contributed by atoms with Gasteiger partial charge in [0.1, 0.15) is 28.3 Å². The van der Waals surface area contributed by atoms with Crippen molar-refractivity contribution in [3.8, 4) is 17.2 Å². The van der Waals surface area contributed by atoms with E-state index in [2.05, 4.69) is 5.32 Å². The van der Waals surface area contributed by atoms with Gasteiger partial charge in [-0.25, -0.2) is 18.4 Å². The number of amides is 3. The van der Waals surface area contributed by atoms with Crippen LogP contribution in [-0.2, 0) is 11.3 Å². The van der Waals surface area contributed by atoms with Gasteiger partial charge in [-0.05, 0) is 44.9 Å². The monoisotopic (exact) mass is 641 g/mol. The molecule has 1 saturated heterocycles. The number of halogens is 3. The molecular weight excluding hydrogens is 616 g/mol. The Labute approximate surface area is 258 Å². The van der Waals surface area contributed by atoms with Crippen LogP contribution in [0.2, 0.25) is 5.02 Å². The Kier molecular flexibility index (Phi) is 7.17. The molecule has 4 aromatic rings. The Balaban J connectivity index is 1.53. The Morgan fingerprint density at radius 1 is 1.16 bits per heavy atom. The Hall–Kier alpha value is -4.41. The van der Waals surface area contributed by atoms with Crippen LogP contribution in [0.25, 0.3) is 32.1 Å². The van der Waals surface area contributed by atoms with Gasteiger partial charge in [0.2, 0.25) is 0 Å². The number of hydrogen-bond donors (Lipinski definition) is 2. The number of anilines is 1. The van der Waals surface area contributed by atoms with Crippen molar-refractivity contribution in [1.29, 1.82) is 5.26 Å². The van der Waals surface area contributed by atoms with Crippen molar-refractivity contribution in [1.82, 2.24) is 14.4 Å². The molecule has 0 bridgehead atoms. The largest absolute Gasteiger partial charge is 0.465 e. The average molecular weight is 642 g/mol. The standard InChI is InChI=1S/C30H26ClF2N5O5S/c1-30(2,3)43-28(40)35-26-17(11-34)21-15(4-5-19(32)25(21)44-26)22-20(33)10-16-24-23(22)18(31)13-36(24)7-6-14-12-37(29(41)42)8-9-38(14)27(16)39/h4-5,10,13-14H,6-9,12H2,1-3H3,(H,35,40)(H,41,42)/t14-/m0/s1. The average Bonchev–Trinajstić information content (AvgIpc) is 3.47. The number of piperazine rings is 1. The summed E-state index contributed by atoms with van der Waals surface area (Å²) in [6.07, 6.45) is 0.123. The lowest BCUT2D eigenvalue weighted by Crippen LogP contribution is -2.57. The van der Waals surface area contributed by atoms with Gasteiger partial charge in [0.25, 0.3) is 5.91 Å². The number of fused-ring (bicyclic) bond motifs is 2. The van der Waals surface area contributed by atoms with Crippen molar-refractivity contribution >= 4 is 67.0 Å². The SMILES string of the molecule is CC(C)(C)OC(=O)Nc1sc2c(F)ccc(-c3c(F)cc4c5c3c(Cl)cn5CC[C@H]3CN(C(=O)O)CCN3C4=O)c2c1C#N. The smallest absolute Gasteiger partial charge is 0.412 e. The number of aryl methyl sites for hydroxylation is 1. The zero-order chi connectivity index (χ0) is 31.7. The van der Waals surface area contributed by atoms with Gasteiger partial charge in [-0.15, -0.1) is 11.3 Å². The summed E-state index contributed by atoms with van der Waals surface area (Å²) in [6.45, 7) is 5.81. The number of benzene rings is 2. The van der Waals surface area contributed by atoms with Crippen molar-refractivity contribution in [3.05, 3.63) is 52.2 Å². The van der Waals surface area contributed by atoms with Gasteiger partial charge in [0.15, 0.2) is 0 Å². The molecule has 10 nitrogen and oxygen atoms in total. The maximum Gasteiger partial charge on any atom is 0.412 e. The van der Waals surface area contributed by atoms with Gasteiger partial charge in [0, 0.05) is 48.7 Å². The molecule has 1 fully saturated rings. The van der Waals surface area contributed by atoms with E-state index in [4.69, 9.17) is 16.3 Å². The number of carbonyl (C=O) groups excluding carboxylic acids is 2. The molecular formula is C30H26ClF2N5O5S. The molecule has 0 aliphatic carbocycles. The van der Waals surface area contributed by atoms with E-state index < -0.39 is 41.4 Å². The molecule has 0 saturated carbocycles. The Bertz CT molecular complexity index is 1940. The van der Waals surface area contributed by atoms with Crippen LogP contribution in [0.1, 0.15) is 43.1 Å². The summed E-state index contributed by atoms with van der Waals surface area (Å²) < 4.78 is 38.6. The highest BCUT2D eigenvalue weighted by molar-refractivity contribution is 7.23. The van der Waals surface area contributed by atoms with Gasteiger partial charge < -0.3 is 24.2 Å². The molecule has 2 N–H and O–H groups in total. The van der Waals surface area contributed by atoms with Crippen LogP contribution in [0.15, 0.2) is 24.4 Å². The van der Waals surface area contributed by atoms with E-state index in [1.807, 2.05) is 6.07 Å². The summed E-state index contributed by atoms with van der Waals surface area (Å²) in [6, 6.07) is 5.23. The Morgan fingerprint density at radius 2 is 1.91 bits per heavy atom. The van der Waals surface area contributed by atoms with Crippen molar-refractivity contribution in [2.75, 3.05) is 25.0 Å². The van der Waals surface area contributed by atoms with Crippen molar-refractivity contribution in [2.45, 2.75) is 45.4 Å². The van der Waals surface area contributed by atoms with Gasteiger partial charge in [0.05, 0.1) is 32.4 Å². The number of nitrogens with one attached hydrogen (secondary N) is 1. The third kappa shape index (κ3) is 4.88. The number of thiophene rings is 1. The van der Waals surface area contributed by atoms with E-state index >= 15 is 8.78 Å². The van der Waals surface area contributed by atoms with E-state index in [1.54, 1.807) is 36.4 Å². The predicted octanol–water partition coefficient (Wildman–Crippen LogP) is 6.88. The molecule has 2 aliphatic heterocycles. The van der Waals surface area contributed by atoms with E-state index in [1.165, 1.54) is 11.0 Å². The normalized spacial score (nSPS) is 16.8. The first-order valence-electron chi connectivity index (χ1n) is 13.7. The molecule has 6 rings (SSSR count). The van der Waals surface area contributed by atoms with Gasteiger partial charge in [-0.1, -0.05) is 17.7 Å². The van der Waals surface area contributed by atoms with Crippen molar-refractivity contribution < 1.29 is 33.0 Å². The number of nitrogens with zero attached hydrogens (tertiary/aromatic N) is 4. The van der Waals surface area contributed by atoms with Crippen LogP contribution >= 0.6 is 22.9 Å². The molecule has 44 heavy (non-hydrogen) atoms.